The van der Waals surface area contributed by atoms with Gasteiger partial charge in [-0.05, 0) is 47.9 Å². The Bertz CT molecular complexity index is 611. The number of rotatable bonds is 4. The zero-order chi connectivity index (χ0) is 14.7. The Labute approximate surface area is 136 Å². The number of methoxy groups -OCH3 is 2. The minimum absolute atomic E-state index is 0.121. The van der Waals surface area contributed by atoms with Gasteiger partial charge in [-0.15, -0.1) is 0 Å². The van der Waals surface area contributed by atoms with Gasteiger partial charge in [-0.1, -0.05) is 44.0 Å². The maximum Gasteiger partial charge on any atom is 0.161 e. The molecule has 1 atom stereocenters. The Morgan fingerprint density at radius 2 is 1.65 bits per heavy atom. The molecule has 0 radical (unpaired) electrons. The SMILES string of the molecule is COc1ccc(C(Br)c2ccc(Br)cc2C)cc1OC. The van der Waals surface area contributed by atoms with Crippen LogP contribution < -0.4 is 9.47 Å². The molecule has 20 heavy (non-hydrogen) atoms. The van der Waals surface area contributed by atoms with Crippen molar-refractivity contribution in [2.45, 2.75) is 11.8 Å². The highest BCUT2D eigenvalue weighted by atomic mass is 79.9. The highest BCUT2D eigenvalue weighted by molar-refractivity contribution is 9.10. The van der Waals surface area contributed by atoms with Crippen molar-refractivity contribution in [2.24, 2.45) is 0 Å². The highest BCUT2D eigenvalue weighted by Crippen LogP contribution is 2.38. The number of halogens is 2. The first-order valence-electron chi connectivity index (χ1n) is 6.19. The maximum atomic E-state index is 5.36. The van der Waals surface area contributed by atoms with Crippen LogP contribution in [-0.2, 0) is 0 Å². The van der Waals surface area contributed by atoms with Crippen molar-refractivity contribution in [1.29, 1.82) is 0 Å². The first-order chi connectivity index (χ1) is 9.56. The summed E-state index contributed by atoms with van der Waals surface area (Å²) < 4.78 is 11.7. The molecule has 0 aliphatic heterocycles. The van der Waals surface area contributed by atoms with E-state index in [2.05, 4.69) is 57.0 Å². The molecule has 0 aliphatic rings. The van der Waals surface area contributed by atoms with E-state index in [1.807, 2.05) is 18.2 Å². The molecule has 1 unspecified atom stereocenters. The number of ether oxygens (including phenoxy) is 2. The van der Waals surface area contributed by atoms with Crippen LogP contribution in [0.25, 0.3) is 0 Å². The van der Waals surface area contributed by atoms with Gasteiger partial charge in [0.1, 0.15) is 0 Å². The maximum absolute atomic E-state index is 5.36. The summed E-state index contributed by atoms with van der Waals surface area (Å²) in [5.74, 6) is 1.48. The van der Waals surface area contributed by atoms with E-state index in [9.17, 15) is 0 Å². The van der Waals surface area contributed by atoms with Crippen LogP contribution in [0.2, 0.25) is 0 Å². The smallest absolute Gasteiger partial charge is 0.161 e. The van der Waals surface area contributed by atoms with E-state index in [0.717, 1.165) is 21.5 Å². The van der Waals surface area contributed by atoms with Gasteiger partial charge in [0.15, 0.2) is 11.5 Å². The molecule has 0 saturated carbocycles. The minimum atomic E-state index is 0.121. The Kier molecular flexibility index (Phi) is 5.11. The molecule has 0 bridgehead atoms. The number of benzene rings is 2. The zero-order valence-corrected chi connectivity index (χ0v) is 14.8. The molecule has 106 valence electrons. The minimum Gasteiger partial charge on any atom is -0.493 e. The summed E-state index contributed by atoms with van der Waals surface area (Å²) in [6.07, 6.45) is 0. The summed E-state index contributed by atoms with van der Waals surface area (Å²) in [5, 5.41) is 0. The Morgan fingerprint density at radius 1 is 0.950 bits per heavy atom. The quantitative estimate of drug-likeness (QED) is 0.653. The van der Waals surface area contributed by atoms with Crippen molar-refractivity contribution in [1.82, 2.24) is 0 Å². The molecule has 2 aromatic rings. The Morgan fingerprint density at radius 3 is 2.25 bits per heavy atom. The monoisotopic (exact) mass is 398 g/mol. The van der Waals surface area contributed by atoms with Gasteiger partial charge in [-0.3, -0.25) is 0 Å². The first kappa shape index (κ1) is 15.4. The molecular weight excluding hydrogens is 384 g/mol. The van der Waals surface area contributed by atoms with Crippen molar-refractivity contribution < 1.29 is 9.47 Å². The van der Waals surface area contributed by atoms with Crippen LogP contribution in [0.5, 0.6) is 11.5 Å². The number of hydrogen-bond acceptors (Lipinski definition) is 2. The molecule has 4 heteroatoms. The van der Waals surface area contributed by atoms with Crippen LogP contribution in [0.15, 0.2) is 40.9 Å². The van der Waals surface area contributed by atoms with Gasteiger partial charge in [0.2, 0.25) is 0 Å². The molecule has 0 aliphatic carbocycles. The van der Waals surface area contributed by atoms with E-state index in [4.69, 9.17) is 9.47 Å². The molecule has 0 amide bonds. The lowest BCUT2D eigenvalue weighted by molar-refractivity contribution is 0.354. The molecule has 0 fully saturated rings. The van der Waals surface area contributed by atoms with Gasteiger partial charge < -0.3 is 9.47 Å². The molecule has 2 rings (SSSR count). The number of aryl methyl sites for hydroxylation is 1. The summed E-state index contributed by atoms with van der Waals surface area (Å²) in [4.78, 5) is 0.121. The molecule has 0 heterocycles. The van der Waals surface area contributed by atoms with Crippen LogP contribution in [0, 0.1) is 6.92 Å². The second-order valence-electron chi connectivity index (χ2n) is 4.48. The normalized spacial score (nSPS) is 12.1. The molecule has 2 nitrogen and oxygen atoms in total. The van der Waals surface area contributed by atoms with E-state index in [1.54, 1.807) is 14.2 Å². The number of alkyl halides is 1. The fraction of sp³-hybridized carbons (Fsp3) is 0.250. The zero-order valence-electron chi connectivity index (χ0n) is 11.6. The fourth-order valence-electron chi connectivity index (χ4n) is 2.11. The lowest BCUT2D eigenvalue weighted by Crippen LogP contribution is -1.98. The summed E-state index contributed by atoms with van der Waals surface area (Å²) in [5.41, 5.74) is 3.60. The summed E-state index contributed by atoms with van der Waals surface area (Å²) >= 11 is 7.26. The third-order valence-electron chi connectivity index (χ3n) is 3.21. The third-order valence-corrected chi connectivity index (χ3v) is 4.72. The second-order valence-corrected chi connectivity index (χ2v) is 6.31. The molecular formula is C16H16Br2O2. The average Bonchev–Trinajstić information content (AvgIpc) is 2.45. The van der Waals surface area contributed by atoms with Crippen molar-refractivity contribution in [3.63, 3.8) is 0 Å². The van der Waals surface area contributed by atoms with Crippen molar-refractivity contribution in [2.75, 3.05) is 14.2 Å². The number of hydrogen-bond donors (Lipinski definition) is 0. The van der Waals surface area contributed by atoms with Crippen LogP contribution in [-0.4, -0.2) is 14.2 Å². The van der Waals surface area contributed by atoms with Gasteiger partial charge in [0.25, 0.3) is 0 Å². The van der Waals surface area contributed by atoms with Gasteiger partial charge in [0, 0.05) is 4.47 Å². The van der Waals surface area contributed by atoms with E-state index < -0.39 is 0 Å². The van der Waals surface area contributed by atoms with E-state index in [-0.39, 0.29) is 4.83 Å². The summed E-state index contributed by atoms with van der Waals surface area (Å²) in [7, 11) is 3.29. The predicted molar refractivity (Wildman–Crippen MR) is 89.2 cm³/mol. The van der Waals surface area contributed by atoms with Crippen molar-refractivity contribution in [3.05, 3.63) is 57.6 Å². The second kappa shape index (κ2) is 6.64. The molecule has 0 N–H and O–H groups in total. The summed E-state index contributed by atoms with van der Waals surface area (Å²) in [6.45, 7) is 2.11. The van der Waals surface area contributed by atoms with Gasteiger partial charge in [0.05, 0.1) is 19.0 Å². The van der Waals surface area contributed by atoms with E-state index in [0.29, 0.717) is 0 Å². The largest absolute Gasteiger partial charge is 0.493 e. The molecule has 0 spiro atoms. The third kappa shape index (κ3) is 3.18. The van der Waals surface area contributed by atoms with Gasteiger partial charge in [-0.2, -0.15) is 0 Å². The summed E-state index contributed by atoms with van der Waals surface area (Å²) in [6, 6.07) is 12.3. The van der Waals surface area contributed by atoms with E-state index >= 15 is 0 Å². The van der Waals surface area contributed by atoms with Gasteiger partial charge >= 0.3 is 0 Å². The van der Waals surface area contributed by atoms with Crippen LogP contribution in [0.4, 0.5) is 0 Å². The van der Waals surface area contributed by atoms with Crippen LogP contribution >= 0.6 is 31.9 Å². The van der Waals surface area contributed by atoms with Crippen LogP contribution in [0.3, 0.4) is 0 Å². The highest BCUT2D eigenvalue weighted by Gasteiger charge is 2.15. The first-order valence-corrected chi connectivity index (χ1v) is 7.89. The predicted octanol–water partition coefficient (Wildman–Crippen LogP) is 5.26. The molecule has 0 saturated heterocycles. The van der Waals surface area contributed by atoms with Crippen LogP contribution in [0.1, 0.15) is 21.5 Å². The lowest BCUT2D eigenvalue weighted by atomic mass is 10.0. The van der Waals surface area contributed by atoms with Gasteiger partial charge in [-0.25, -0.2) is 0 Å². The van der Waals surface area contributed by atoms with Crippen molar-refractivity contribution in [3.8, 4) is 11.5 Å². The van der Waals surface area contributed by atoms with E-state index in [1.165, 1.54) is 11.1 Å². The lowest BCUT2D eigenvalue weighted by Gasteiger charge is -2.16. The average molecular weight is 400 g/mol. The van der Waals surface area contributed by atoms with Crippen molar-refractivity contribution >= 4 is 31.9 Å². The standard InChI is InChI=1S/C16H16Br2O2/c1-10-8-12(17)5-6-13(10)16(18)11-4-7-14(19-2)15(9-11)20-3/h4-9,16H,1-3H3. The molecule has 0 aromatic heterocycles. The Hall–Kier alpha value is -1.00. The topological polar surface area (TPSA) is 18.5 Å². The fourth-order valence-corrected chi connectivity index (χ4v) is 3.39. The Balaban J connectivity index is 2.40. The molecule has 2 aromatic carbocycles.